The molecule has 2 aromatic rings. The highest BCUT2D eigenvalue weighted by atomic mass is 19.1. The summed E-state index contributed by atoms with van der Waals surface area (Å²) in [6.45, 7) is 3.77. The average molecular weight is 258 g/mol. The van der Waals surface area contributed by atoms with Gasteiger partial charge in [0.1, 0.15) is 18.2 Å². The van der Waals surface area contributed by atoms with Gasteiger partial charge in [0.15, 0.2) is 5.78 Å². The van der Waals surface area contributed by atoms with Crippen LogP contribution in [0.25, 0.3) is 0 Å². The van der Waals surface area contributed by atoms with Crippen LogP contribution in [0.2, 0.25) is 0 Å². The minimum atomic E-state index is -0.266. The average Bonchev–Trinajstić information content (AvgIpc) is 2.39. The molecular weight excluding hydrogens is 243 g/mol. The summed E-state index contributed by atoms with van der Waals surface area (Å²) in [4.78, 5) is 11.4. The monoisotopic (exact) mass is 258 g/mol. The van der Waals surface area contributed by atoms with Crippen molar-refractivity contribution < 1.29 is 13.9 Å². The van der Waals surface area contributed by atoms with Crippen LogP contribution in [0.1, 0.15) is 28.4 Å². The zero-order valence-corrected chi connectivity index (χ0v) is 10.9. The molecule has 0 heterocycles. The van der Waals surface area contributed by atoms with Gasteiger partial charge in [-0.05, 0) is 49.2 Å². The summed E-state index contributed by atoms with van der Waals surface area (Å²) < 4.78 is 18.4. The molecule has 0 spiro atoms. The molecule has 0 fully saturated rings. The number of carbonyl (C=O) groups excluding carboxylic acids is 1. The van der Waals surface area contributed by atoms with E-state index in [4.69, 9.17) is 4.74 Å². The molecule has 0 aliphatic heterocycles. The first-order chi connectivity index (χ1) is 9.06. The molecule has 2 nitrogen and oxygen atoms in total. The van der Waals surface area contributed by atoms with Crippen molar-refractivity contribution in [1.82, 2.24) is 0 Å². The van der Waals surface area contributed by atoms with Crippen molar-refractivity contribution in [3.63, 3.8) is 0 Å². The van der Waals surface area contributed by atoms with Crippen molar-refractivity contribution in [2.75, 3.05) is 0 Å². The fraction of sp³-hybridized carbons (Fsp3) is 0.188. The molecule has 0 saturated carbocycles. The standard InChI is InChI=1S/C16H15FO2/c1-11-3-8-15(9-16(11)12(2)18)19-10-13-4-6-14(17)7-5-13/h3-9H,10H2,1-2H3. The van der Waals surface area contributed by atoms with E-state index >= 15 is 0 Å². The van der Waals surface area contributed by atoms with E-state index in [0.29, 0.717) is 17.9 Å². The van der Waals surface area contributed by atoms with Crippen LogP contribution in [0, 0.1) is 12.7 Å². The first kappa shape index (κ1) is 13.3. The van der Waals surface area contributed by atoms with Crippen LogP contribution in [0.15, 0.2) is 42.5 Å². The van der Waals surface area contributed by atoms with Gasteiger partial charge in [-0.25, -0.2) is 4.39 Å². The zero-order chi connectivity index (χ0) is 13.8. The fourth-order valence-corrected chi connectivity index (χ4v) is 1.82. The second-order valence-corrected chi connectivity index (χ2v) is 4.45. The molecule has 3 heteroatoms. The van der Waals surface area contributed by atoms with Crippen LogP contribution in [-0.2, 0) is 6.61 Å². The van der Waals surface area contributed by atoms with Crippen LogP contribution >= 0.6 is 0 Å². The van der Waals surface area contributed by atoms with E-state index in [1.165, 1.54) is 19.1 Å². The van der Waals surface area contributed by atoms with Crippen molar-refractivity contribution in [2.45, 2.75) is 20.5 Å². The smallest absolute Gasteiger partial charge is 0.160 e. The van der Waals surface area contributed by atoms with E-state index < -0.39 is 0 Å². The van der Waals surface area contributed by atoms with Gasteiger partial charge < -0.3 is 4.74 Å². The number of ketones is 1. The third-order valence-electron chi connectivity index (χ3n) is 2.91. The SMILES string of the molecule is CC(=O)c1cc(OCc2ccc(F)cc2)ccc1C. The molecule has 0 aliphatic carbocycles. The Balaban J connectivity index is 2.09. The fourth-order valence-electron chi connectivity index (χ4n) is 1.82. The van der Waals surface area contributed by atoms with Gasteiger partial charge in [0.05, 0.1) is 0 Å². The molecule has 98 valence electrons. The molecule has 19 heavy (non-hydrogen) atoms. The highest BCUT2D eigenvalue weighted by Gasteiger charge is 2.06. The molecule has 0 N–H and O–H groups in total. The van der Waals surface area contributed by atoms with E-state index in [1.807, 2.05) is 19.1 Å². The van der Waals surface area contributed by atoms with Crippen LogP contribution in [-0.4, -0.2) is 5.78 Å². The molecular formula is C16H15FO2. The Bertz CT molecular complexity index is 588. The minimum absolute atomic E-state index is 0.0183. The summed E-state index contributed by atoms with van der Waals surface area (Å²) >= 11 is 0. The lowest BCUT2D eigenvalue weighted by Crippen LogP contribution is -1.99. The van der Waals surface area contributed by atoms with E-state index in [0.717, 1.165) is 11.1 Å². The summed E-state index contributed by atoms with van der Waals surface area (Å²) in [5.74, 6) is 0.391. The minimum Gasteiger partial charge on any atom is -0.489 e. The van der Waals surface area contributed by atoms with E-state index in [9.17, 15) is 9.18 Å². The lowest BCUT2D eigenvalue weighted by Gasteiger charge is -2.09. The number of ether oxygens (including phenoxy) is 1. The molecule has 0 unspecified atom stereocenters. The van der Waals surface area contributed by atoms with Crippen molar-refractivity contribution in [3.8, 4) is 5.75 Å². The predicted molar refractivity (Wildman–Crippen MR) is 71.9 cm³/mol. The van der Waals surface area contributed by atoms with Gasteiger partial charge in [-0.15, -0.1) is 0 Å². The van der Waals surface area contributed by atoms with E-state index in [-0.39, 0.29) is 11.6 Å². The van der Waals surface area contributed by atoms with Gasteiger partial charge in [-0.3, -0.25) is 4.79 Å². The number of hydrogen-bond acceptors (Lipinski definition) is 2. The van der Waals surface area contributed by atoms with E-state index in [2.05, 4.69) is 0 Å². The number of halogens is 1. The quantitative estimate of drug-likeness (QED) is 0.777. The lowest BCUT2D eigenvalue weighted by molar-refractivity contribution is 0.101. The maximum atomic E-state index is 12.8. The van der Waals surface area contributed by atoms with Crippen LogP contribution in [0.5, 0.6) is 5.75 Å². The predicted octanol–water partition coefficient (Wildman–Crippen LogP) is 3.92. The Hall–Kier alpha value is -2.16. The van der Waals surface area contributed by atoms with Crippen molar-refractivity contribution in [3.05, 3.63) is 65.0 Å². The number of carbonyl (C=O) groups is 1. The van der Waals surface area contributed by atoms with Gasteiger partial charge in [-0.1, -0.05) is 18.2 Å². The third-order valence-corrected chi connectivity index (χ3v) is 2.91. The first-order valence-corrected chi connectivity index (χ1v) is 6.05. The molecule has 2 rings (SSSR count). The molecule has 0 aliphatic rings. The Morgan fingerprint density at radius 3 is 2.47 bits per heavy atom. The zero-order valence-electron chi connectivity index (χ0n) is 10.9. The lowest BCUT2D eigenvalue weighted by atomic mass is 10.1. The molecule has 0 bridgehead atoms. The Labute approximate surface area is 111 Å². The summed E-state index contributed by atoms with van der Waals surface area (Å²) in [6, 6.07) is 11.6. The molecule has 2 aromatic carbocycles. The maximum Gasteiger partial charge on any atom is 0.160 e. The largest absolute Gasteiger partial charge is 0.489 e. The van der Waals surface area contributed by atoms with Gasteiger partial charge in [-0.2, -0.15) is 0 Å². The topological polar surface area (TPSA) is 26.3 Å². The maximum absolute atomic E-state index is 12.8. The van der Waals surface area contributed by atoms with Crippen molar-refractivity contribution >= 4 is 5.78 Å². The van der Waals surface area contributed by atoms with Gasteiger partial charge in [0, 0.05) is 5.56 Å². The summed E-state index contributed by atoms with van der Waals surface area (Å²) in [5.41, 5.74) is 2.48. The molecule has 0 amide bonds. The number of Topliss-reactive ketones (excluding diaryl/α,β-unsaturated/α-hetero) is 1. The van der Waals surface area contributed by atoms with Crippen LogP contribution in [0.3, 0.4) is 0 Å². The van der Waals surface area contributed by atoms with Crippen molar-refractivity contribution in [2.24, 2.45) is 0 Å². The highest BCUT2D eigenvalue weighted by Crippen LogP contribution is 2.19. The third kappa shape index (κ3) is 3.41. The molecule has 0 aromatic heterocycles. The van der Waals surface area contributed by atoms with Gasteiger partial charge >= 0.3 is 0 Å². The summed E-state index contributed by atoms with van der Waals surface area (Å²) in [7, 11) is 0. The van der Waals surface area contributed by atoms with Crippen LogP contribution < -0.4 is 4.74 Å². The van der Waals surface area contributed by atoms with Gasteiger partial charge in [0.2, 0.25) is 0 Å². The highest BCUT2D eigenvalue weighted by molar-refractivity contribution is 5.95. The van der Waals surface area contributed by atoms with Crippen LogP contribution in [0.4, 0.5) is 4.39 Å². The summed E-state index contributed by atoms with van der Waals surface area (Å²) in [6.07, 6.45) is 0. The Kier molecular flexibility index (Phi) is 3.95. The molecule has 0 saturated heterocycles. The number of hydrogen-bond donors (Lipinski definition) is 0. The number of rotatable bonds is 4. The number of benzene rings is 2. The molecule has 0 radical (unpaired) electrons. The second-order valence-electron chi connectivity index (χ2n) is 4.45. The normalized spacial score (nSPS) is 10.3. The van der Waals surface area contributed by atoms with Gasteiger partial charge in [0.25, 0.3) is 0 Å². The summed E-state index contributed by atoms with van der Waals surface area (Å²) in [5, 5.41) is 0. The number of aryl methyl sites for hydroxylation is 1. The second kappa shape index (κ2) is 5.65. The van der Waals surface area contributed by atoms with Crippen molar-refractivity contribution in [1.29, 1.82) is 0 Å². The first-order valence-electron chi connectivity index (χ1n) is 6.05. The Morgan fingerprint density at radius 2 is 1.84 bits per heavy atom. The Morgan fingerprint density at radius 1 is 1.16 bits per heavy atom. The van der Waals surface area contributed by atoms with E-state index in [1.54, 1.807) is 18.2 Å². The molecule has 0 atom stereocenters.